The van der Waals surface area contributed by atoms with E-state index in [1.807, 2.05) is 0 Å². The van der Waals surface area contributed by atoms with Gasteiger partial charge in [-0.2, -0.15) is 0 Å². The van der Waals surface area contributed by atoms with Crippen LogP contribution in [-0.2, 0) is 4.79 Å². The van der Waals surface area contributed by atoms with E-state index in [2.05, 4.69) is 5.32 Å². The van der Waals surface area contributed by atoms with Crippen molar-refractivity contribution in [3.05, 3.63) is 0 Å². The lowest BCUT2D eigenvalue weighted by molar-refractivity contribution is -0.144. The molecule has 0 aliphatic carbocycles. The van der Waals surface area contributed by atoms with Crippen LogP contribution in [0.5, 0.6) is 0 Å². The van der Waals surface area contributed by atoms with Crippen LogP contribution in [0.1, 0.15) is 20.3 Å². The van der Waals surface area contributed by atoms with E-state index >= 15 is 0 Å². The van der Waals surface area contributed by atoms with Gasteiger partial charge in [-0.1, -0.05) is 13.8 Å². The molecule has 2 nitrogen and oxygen atoms in total. The molecule has 0 saturated carbocycles. The van der Waals surface area contributed by atoms with Gasteiger partial charge in [-0.15, -0.1) is 0 Å². The molecule has 1 unspecified atom stereocenters. The summed E-state index contributed by atoms with van der Waals surface area (Å²) in [6, 6.07) is 0. The highest BCUT2D eigenvalue weighted by Gasteiger charge is 2.45. The van der Waals surface area contributed by atoms with Crippen molar-refractivity contribution in [2.45, 2.75) is 26.2 Å². The molecule has 76 valence electrons. The highest BCUT2D eigenvalue weighted by molar-refractivity contribution is 5.84. The van der Waals surface area contributed by atoms with Gasteiger partial charge in [0.15, 0.2) is 0 Å². The van der Waals surface area contributed by atoms with Gasteiger partial charge in [0.05, 0.1) is 5.92 Å². The van der Waals surface area contributed by atoms with Crippen LogP contribution in [0.25, 0.3) is 0 Å². The van der Waals surface area contributed by atoms with Crippen molar-refractivity contribution in [2.24, 2.45) is 11.8 Å². The molecule has 1 saturated heterocycles. The number of hydrogen-bond donors (Lipinski definition) is 1. The number of Topliss-reactive ketones (excluding diaryl/α,β-unsaturated/α-hetero) is 1. The smallest absolute Gasteiger partial charge is 0.260 e. The molecule has 0 radical (unpaired) electrons. The van der Waals surface area contributed by atoms with Crippen molar-refractivity contribution < 1.29 is 13.6 Å². The fourth-order valence-electron chi connectivity index (χ4n) is 1.54. The summed E-state index contributed by atoms with van der Waals surface area (Å²) in [5, 5.41) is 2.83. The second-order valence-electron chi connectivity index (χ2n) is 3.82. The number of carbonyl (C=O) groups is 1. The Balaban J connectivity index is 2.71. The largest absolute Gasteiger partial charge is 0.316 e. The SMILES string of the molecule is CC(C)C(=O)C1CNCCC1(F)F. The predicted molar refractivity (Wildman–Crippen MR) is 45.8 cm³/mol. The second-order valence-corrected chi connectivity index (χ2v) is 3.82. The predicted octanol–water partition coefficient (Wildman–Crippen LogP) is 1.46. The Kier molecular flexibility index (Phi) is 3.01. The van der Waals surface area contributed by atoms with Crippen molar-refractivity contribution in [3.8, 4) is 0 Å². The average Bonchev–Trinajstić information content (AvgIpc) is 2.02. The summed E-state index contributed by atoms with van der Waals surface area (Å²) in [6.07, 6.45) is -0.226. The quantitative estimate of drug-likeness (QED) is 0.715. The van der Waals surface area contributed by atoms with E-state index in [1.54, 1.807) is 13.8 Å². The molecule has 1 rings (SSSR count). The van der Waals surface area contributed by atoms with Gasteiger partial charge in [0.25, 0.3) is 5.92 Å². The average molecular weight is 191 g/mol. The van der Waals surface area contributed by atoms with Crippen molar-refractivity contribution in [1.29, 1.82) is 0 Å². The zero-order valence-electron chi connectivity index (χ0n) is 7.94. The lowest BCUT2D eigenvalue weighted by Crippen LogP contribution is -2.49. The van der Waals surface area contributed by atoms with E-state index in [0.717, 1.165) is 0 Å². The standard InChI is InChI=1S/C9H15F2NO/c1-6(2)8(13)7-5-12-4-3-9(7,10)11/h6-7,12H,3-5H2,1-2H3. The number of halogens is 2. The topological polar surface area (TPSA) is 29.1 Å². The van der Waals surface area contributed by atoms with Crippen LogP contribution in [-0.4, -0.2) is 24.8 Å². The maximum atomic E-state index is 13.2. The van der Waals surface area contributed by atoms with Crippen LogP contribution in [0, 0.1) is 11.8 Å². The maximum Gasteiger partial charge on any atom is 0.260 e. The molecule has 1 aliphatic heterocycles. The number of ketones is 1. The van der Waals surface area contributed by atoms with Crippen LogP contribution in [0.3, 0.4) is 0 Å². The van der Waals surface area contributed by atoms with Gasteiger partial charge in [0.2, 0.25) is 0 Å². The van der Waals surface area contributed by atoms with Crippen molar-refractivity contribution in [1.82, 2.24) is 5.32 Å². The van der Waals surface area contributed by atoms with E-state index in [0.29, 0.717) is 6.54 Å². The van der Waals surface area contributed by atoms with Gasteiger partial charge in [0.1, 0.15) is 5.78 Å². The van der Waals surface area contributed by atoms with E-state index in [-0.39, 0.29) is 24.7 Å². The minimum Gasteiger partial charge on any atom is -0.316 e. The third-order valence-corrected chi connectivity index (χ3v) is 2.41. The lowest BCUT2D eigenvalue weighted by Gasteiger charge is -2.31. The summed E-state index contributed by atoms with van der Waals surface area (Å²) in [4.78, 5) is 11.4. The fraction of sp³-hybridized carbons (Fsp3) is 0.889. The van der Waals surface area contributed by atoms with Gasteiger partial charge in [-0.25, -0.2) is 8.78 Å². The molecule has 1 heterocycles. The first-order valence-electron chi connectivity index (χ1n) is 4.57. The molecule has 0 aromatic heterocycles. The second kappa shape index (κ2) is 3.70. The van der Waals surface area contributed by atoms with Crippen LogP contribution in [0.2, 0.25) is 0 Å². The van der Waals surface area contributed by atoms with Crippen molar-refractivity contribution >= 4 is 5.78 Å². The summed E-state index contributed by atoms with van der Waals surface area (Å²) >= 11 is 0. The van der Waals surface area contributed by atoms with E-state index in [4.69, 9.17) is 0 Å². The third-order valence-electron chi connectivity index (χ3n) is 2.41. The van der Waals surface area contributed by atoms with Gasteiger partial charge >= 0.3 is 0 Å². The molecule has 4 heteroatoms. The molecule has 13 heavy (non-hydrogen) atoms. The van der Waals surface area contributed by atoms with Crippen LogP contribution >= 0.6 is 0 Å². The van der Waals surface area contributed by atoms with E-state index in [1.165, 1.54) is 0 Å². The number of carbonyl (C=O) groups excluding carboxylic acids is 1. The first kappa shape index (κ1) is 10.6. The Morgan fingerprint density at radius 3 is 2.62 bits per heavy atom. The van der Waals surface area contributed by atoms with Crippen molar-refractivity contribution in [2.75, 3.05) is 13.1 Å². The molecule has 1 atom stereocenters. The minimum absolute atomic E-state index is 0.115. The third kappa shape index (κ3) is 2.24. The Morgan fingerprint density at radius 2 is 2.15 bits per heavy atom. The Morgan fingerprint density at radius 1 is 1.54 bits per heavy atom. The first-order valence-corrected chi connectivity index (χ1v) is 4.57. The number of rotatable bonds is 2. The monoisotopic (exact) mass is 191 g/mol. The molecule has 0 amide bonds. The number of hydrogen-bond acceptors (Lipinski definition) is 2. The molecule has 0 spiro atoms. The van der Waals surface area contributed by atoms with Crippen LogP contribution in [0.4, 0.5) is 8.78 Å². The zero-order chi connectivity index (χ0) is 10.1. The number of nitrogens with one attached hydrogen (secondary N) is 1. The Bertz CT molecular complexity index is 204. The van der Waals surface area contributed by atoms with Gasteiger partial charge in [0, 0.05) is 25.4 Å². The normalized spacial score (nSPS) is 27.6. The van der Waals surface area contributed by atoms with Gasteiger partial charge in [-0.3, -0.25) is 4.79 Å². The molecule has 1 aliphatic rings. The minimum atomic E-state index is -2.81. The number of piperidine rings is 1. The van der Waals surface area contributed by atoms with Gasteiger partial charge in [-0.05, 0) is 0 Å². The van der Waals surface area contributed by atoms with Crippen LogP contribution in [0.15, 0.2) is 0 Å². The first-order chi connectivity index (χ1) is 5.95. The van der Waals surface area contributed by atoms with E-state index < -0.39 is 11.8 Å². The maximum absolute atomic E-state index is 13.2. The highest BCUT2D eigenvalue weighted by Crippen LogP contribution is 2.32. The lowest BCUT2D eigenvalue weighted by atomic mass is 9.86. The molecule has 0 bridgehead atoms. The van der Waals surface area contributed by atoms with Crippen LogP contribution < -0.4 is 5.32 Å². The zero-order valence-corrected chi connectivity index (χ0v) is 7.94. The van der Waals surface area contributed by atoms with Gasteiger partial charge < -0.3 is 5.32 Å². The number of alkyl halides is 2. The molecule has 1 fully saturated rings. The van der Waals surface area contributed by atoms with Crippen molar-refractivity contribution in [3.63, 3.8) is 0 Å². The summed E-state index contributed by atoms with van der Waals surface area (Å²) < 4.78 is 26.4. The highest BCUT2D eigenvalue weighted by atomic mass is 19.3. The fourth-order valence-corrected chi connectivity index (χ4v) is 1.54. The molecular formula is C9H15F2NO. The summed E-state index contributed by atoms with van der Waals surface area (Å²) in [7, 11) is 0. The summed E-state index contributed by atoms with van der Waals surface area (Å²) in [5.74, 6) is -4.58. The molecule has 0 aromatic rings. The summed E-state index contributed by atoms with van der Waals surface area (Å²) in [5.41, 5.74) is 0. The molecule has 0 aromatic carbocycles. The van der Waals surface area contributed by atoms with E-state index in [9.17, 15) is 13.6 Å². The Labute approximate surface area is 76.7 Å². The Hall–Kier alpha value is -0.510. The summed E-state index contributed by atoms with van der Waals surface area (Å²) in [6.45, 7) is 3.74. The molecular weight excluding hydrogens is 176 g/mol. The molecule has 1 N–H and O–H groups in total.